The van der Waals surface area contributed by atoms with E-state index in [0.717, 1.165) is 22.7 Å². The number of amides is 3. The van der Waals surface area contributed by atoms with Gasteiger partial charge in [-0.2, -0.15) is 13.2 Å². The maximum absolute atomic E-state index is 13.7. The van der Waals surface area contributed by atoms with Crippen molar-refractivity contribution >= 4 is 29.2 Å². The highest BCUT2D eigenvalue weighted by Gasteiger charge is 2.53. The molecule has 1 unspecified atom stereocenters. The lowest BCUT2D eigenvalue weighted by Crippen LogP contribution is -2.53. The number of fused-ring (bicyclic) bond motifs is 1. The molecule has 4 rings (SSSR count). The third-order valence-electron chi connectivity index (χ3n) is 7.39. The molecule has 1 N–H and O–H groups in total. The van der Waals surface area contributed by atoms with Gasteiger partial charge in [-0.25, -0.2) is 0 Å². The number of hydrogen-bond donors (Lipinski definition) is 1. The first kappa shape index (κ1) is 29.1. The molecule has 0 aromatic heterocycles. The first-order valence-corrected chi connectivity index (χ1v) is 13.2. The quantitative estimate of drug-likeness (QED) is 0.561. The lowest BCUT2D eigenvalue weighted by molar-refractivity contribution is -0.138. The first-order chi connectivity index (χ1) is 18.8. The minimum atomic E-state index is -4.73. The van der Waals surface area contributed by atoms with Crippen LogP contribution in [0.25, 0.3) is 0 Å². The number of nitrogens with zero attached hydrogens (tertiary/aromatic N) is 3. The molecule has 2 aliphatic rings. The Hall–Kier alpha value is -3.89. The molecule has 214 valence electrons. The SMILES string of the molecule is CC(C)C[C@H](NC(=O)c1ccc(N(C)C)cc1)C(=O)N1CCC2[C@H]1C(=O)CN2C(=O)c1ccccc1C(F)(F)F. The Balaban J connectivity index is 1.53. The summed E-state index contributed by atoms with van der Waals surface area (Å²) in [6.45, 7) is 3.57. The number of ketones is 1. The van der Waals surface area contributed by atoms with Crippen LogP contribution in [-0.2, 0) is 15.8 Å². The molecule has 2 aliphatic heterocycles. The Morgan fingerprint density at radius 2 is 1.68 bits per heavy atom. The maximum atomic E-state index is 13.7. The fraction of sp³-hybridized carbons (Fsp3) is 0.448. The van der Waals surface area contributed by atoms with Gasteiger partial charge >= 0.3 is 6.18 Å². The molecule has 0 bridgehead atoms. The van der Waals surface area contributed by atoms with Crippen LogP contribution < -0.4 is 10.2 Å². The highest BCUT2D eigenvalue weighted by molar-refractivity contribution is 6.04. The van der Waals surface area contributed by atoms with Gasteiger partial charge in [0.1, 0.15) is 12.1 Å². The molecular formula is C29H33F3N4O4. The summed E-state index contributed by atoms with van der Waals surface area (Å²) in [5.74, 6) is -2.14. The number of anilines is 1. The van der Waals surface area contributed by atoms with Gasteiger partial charge in [0.2, 0.25) is 5.91 Å². The predicted octanol–water partition coefficient (Wildman–Crippen LogP) is 3.61. The predicted molar refractivity (Wildman–Crippen MR) is 143 cm³/mol. The molecule has 2 aromatic rings. The van der Waals surface area contributed by atoms with Crippen LogP contribution in [0.15, 0.2) is 48.5 Å². The van der Waals surface area contributed by atoms with E-state index in [-0.39, 0.29) is 25.4 Å². The zero-order valence-corrected chi connectivity index (χ0v) is 22.9. The van der Waals surface area contributed by atoms with Crippen LogP contribution in [-0.4, -0.2) is 78.6 Å². The summed E-state index contributed by atoms with van der Waals surface area (Å²) in [4.78, 5) is 57.5. The molecule has 2 saturated heterocycles. The molecule has 11 heteroatoms. The van der Waals surface area contributed by atoms with Gasteiger partial charge in [-0.15, -0.1) is 0 Å². The molecule has 40 heavy (non-hydrogen) atoms. The van der Waals surface area contributed by atoms with Crippen LogP contribution in [0.2, 0.25) is 0 Å². The molecule has 2 fully saturated rings. The number of likely N-dealkylation sites (tertiary alicyclic amines) is 2. The zero-order chi connectivity index (χ0) is 29.4. The van der Waals surface area contributed by atoms with E-state index in [1.165, 1.54) is 17.0 Å². The molecule has 8 nitrogen and oxygen atoms in total. The number of carbonyl (C=O) groups excluding carboxylic acids is 4. The van der Waals surface area contributed by atoms with Gasteiger partial charge in [-0.3, -0.25) is 19.2 Å². The summed E-state index contributed by atoms with van der Waals surface area (Å²) in [7, 11) is 3.76. The largest absolute Gasteiger partial charge is 0.417 e. The molecule has 0 saturated carbocycles. The Labute approximate surface area is 231 Å². The Kier molecular flexibility index (Phi) is 8.23. The monoisotopic (exact) mass is 558 g/mol. The van der Waals surface area contributed by atoms with Gasteiger partial charge in [0.05, 0.1) is 23.7 Å². The molecule has 3 atom stereocenters. The molecule has 0 aliphatic carbocycles. The van der Waals surface area contributed by atoms with Gasteiger partial charge < -0.3 is 20.0 Å². The number of nitrogens with one attached hydrogen (secondary N) is 1. The summed E-state index contributed by atoms with van der Waals surface area (Å²) in [6.07, 6.45) is -4.16. The normalized spacial score (nSPS) is 19.6. The van der Waals surface area contributed by atoms with Crippen molar-refractivity contribution in [3.63, 3.8) is 0 Å². The average molecular weight is 559 g/mol. The minimum Gasteiger partial charge on any atom is -0.378 e. The van der Waals surface area contributed by atoms with Gasteiger partial charge in [0, 0.05) is 31.9 Å². The first-order valence-electron chi connectivity index (χ1n) is 13.2. The summed E-state index contributed by atoms with van der Waals surface area (Å²) < 4.78 is 40.7. The lowest BCUT2D eigenvalue weighted by Gasteiger charge is -2.29. The Morgan fingerprint density at radius 3 is 2.27 bits per heavy atom. The standard InChI is InChI=1S/C29H33F3N4O4/c1-17(2)15-22(33-26(38)18-9-11-19(12-10-18)34(3)4)28(40)35-14-13-23-25(35)24(37)16-36(23)27(39)20-7-5-6-8-21(20)29(30,31)32/h5-12,17,22-23,25H,13-16H2,1-4H3,(H,33,38)/t22-,23?,25-/m0/s1. The second-order valence-corrected chi connectivity index (χ2v) is 10.9. The summed E-state index contributed by atoms with van der Waals surface area (Å²) in [5, 5.41) is 2.81. The van der Waals surface area contributed by atoms with E-state index < -0.39 is 58.9 Å². The van der Waals surface area contributed by atoms with Crippen LogP contribution in [0.4, 0.5) is 18.9 Å². The maximum Gasteiger partial charge on any atom is 0.417 e. The highest BCUT2D eigenvalue weighted by atomic mass is 19.4. The van der Waals surface area contributed by atoms with E-state index in [1.54, 1.807) is 24.3 Å². The van der Waals surface area contributed by atoms with E-state index in [1.807, 2.05) is 32.8 Å². The lowest BCUT2D eigenvalue weighted by atomic mass is 10.0. The number of carbonyl (C=O) groups is 4. The number of alkyl halides is 3. The summed E-state index contributed by atoms with van der Waals surface area (Å²) in [6, 6.07) is 8.76. The molecule has 0 radical (unpaired) electrons. The van der Waals surface area contributed by atoms with Crippen LogP contribution in [0.3, 0.4) is 0 Å². The van der Waals surface area contributed by atoms with Crippen molar-refractivity contribution in [2.24, 2.45) is 5.92 Å². The molecule has 2 heterocycles. The third kappa shape index (κ3) is 5.83. The topological polar surface area (TPSA) is 90.0 Å². The van der Waals surface area contributed by atoms with Gasteiger partial charge in [0.15, 0.2) is 5.78 Å². The number of rotatable bonds is 7. The van der Waals surface area contributed by atoms with Crippen molar-refractivity contribution in [1.82, 2.24) is 15.1 Å². The van der Waals surface area contributed by atoms with Crippen molar-refractivity contribution in [2.75, 3.05) is 32.1 Å². The van der Waals surface area contributed by atoms with E-state index in [4.69, 9.17) is 0 Å². The average Bonchev–Trinajstić information content (AvgIpc) is 3.48. The van der Waals surface area contributed by atoms with Crippen LogP contribution >= 0.6 is 0 Å². The van der Waals surface area contributed by atoms with Gasteiger partial charge in [-0.05, 0) is 55.2 Å². The molecule has 2 aromatic carbocycles. The number of hydrogen-bond acceptors (Lipinski definition) is 5. The van der Waals surface area contributed by atoms with Crippen molar-refractivity contribution < 1.29 is 32.3 Å². The second kappa shape index (κ2) is 11.3. The Bertz CT molecular complexity index is 1290. The van der Waals surface area contributed by atoms with Crippen LogP contribution in [0.5, 0.6) is 0 Å². The van der Waals surface area contributed by atoms with Crippen molar-refractivity contribution in [3.05, 3.63) is 65.2 Å². The molecule has 3 amide bonds. The van der Waals surface area contributed by atoms with Crippen molar-refractivity contribution in [2.45, 2.75) is 51.0 Å². The highest BCUT2D eigenvalue weighted by Crippen LogP contribution is 2.36. The third-order valence-corrected chi connectivity index (χ3v) is 7.39. The van der Waals surface area contributed by atoms with Gasteiger partial charge in [-0.1, -0.05) is 26.0 Å². The number of Topliss-reactive ketones (excluding diaryl/α,β-unsaturated/α-hetero) is 1. The van der Waals surface area contributed by atoms with Crippen LogP contribution in [0, 0.1) is 5.92 Å². The van der Waals surface area contributed by atoms with E-state index in [0.29, 0.717) is 12.0 Å². The zero-order valence-electron chi connectivity index (χ0n) is 22.9. The Morgan fingerprint density at radius 1 is 1.02 bits per heavy atom. The smallest absolute Gasteiger partial charge is 0.378 e. The van der Waals surface area contributed by atoms with Crippen molar-refractivity contribution in [1.29, 1.82) is 0 Å². The number of benzene rings is 2. The second-order valence-electron chi connectivity index (χ2n) is 10.9. The van der Waals surface area contributed by atoms with E-state index in [2.05, 4.69) is 5.32 Å². The summed E-state index contributed by atoms with van der Waals surface area (Å²) >= 11 is 0. The molecular weight excluding hydrogens is 525 g/mol. The van der Waals surface area contributed by atoms with E-state index in [9.17, 15) is 32.3 Å². The van der Waals surface area contributed by atoms with Crippen molar-refractivity contribution in [3.8, 4) is 0 Å². The van der Waals surface area contributed by atoms with Gasteiger partial charge in [0.25, 0.3) is 11.8 Å². The summed E-state index contributed by atoms with van der Waals surface area (Å²) in [5.41, 5.74) is -0.312. The fourth-order valence-electron chi connectivity index (χ4n) is 5.46. The van der Waals surface area contributed by atoms with E-state index >= 15 is 0 Å². The van der Waals surface area contributed by atoms with Crippen LogP contribution in [0.1, 0.15) is 53.0 Å². The fourth-order valence-corrected chi connectivity index (χ4v) is 5.46. The number of halogens is 3. The molecule has 0 spiro atoms. The minimum absolute atomic E-state index is 0.0417.